The second-order valence-electron chi connectivity index (χ2n) is 7.12. The van der Waals surface area contributed by atoms with Gasteiger partial charge in [-0.3, -0.25) is 9.59 Å². The molecule has 2 atom stereocenters. The SMILES string of the molecule is C[C@H]1C[C@@H]1C(=O)NCCC(=O)Nc1cc(F)ccc1N1CCCCC1. The molecule has 1 aliphatic heterocycles. The van der Waals surface area contributed by atoms with Crippen LogP contribution in [0.25, 0.3) is 0 Å². The van der Waals surface area contributed by atoms with Gasteiger partial charge in [0.2, 0.25) is 11.8 Å². The van der Waals surface area contributed by atoms with Crippen molar-refractivity contribution >= 4 is 23.2 Å². The van der Waals surface area contributed by atoms with E-state index >= 15 is 0 Å². The van der Waals surface area contributed by atoms with Gasteiger partial charge in [0, 0.05) is 32.0 Å². The van der Waals surface area contributed by atoms with Gasteiger partial charge in [0.25, 0.3) is 0 Å². The highest BCUT2D eigenvalue weighted by molar-refractivity contribution is 5.94. The van der Waals surface area contributed by atoms with E-state index in [0.717, 1.165) is 38.0 Å². The monoisotopic (exact) mass is 347 g/mol. The van der Waals surface area contributed by atoms with Crippen LogP contribution in [0.4, 0.5) is 15.8 Å². The number of hydrogen-bond donors (Lipinski definition) is 2. The van der Waals surface area contributed by atoms with E-state index in [1.54, 1.807) is 6.07 Å². The largest absolute Gasteiger partial charge is 0.370 e. The van der Waals surface area contributed by atoms with Crippen molar-refractivity contribution in [3.05, 3.63) is 24.0 Å². The molecule has 3 rings (SSSR count). The Balaban J connectivity index is 1.54. The zero-order chi connectivity index (χ0) is 17.8. The predicted octanol–water partition coefficient (Wildman–Crippen LogP) is 2.92. The molecule has 2 aliphatic rings. The van der Waals surface area contributed by atoms with Crippen LogP contribution in [0.3, 0.4) is 0 Å². The van der Waals surface area contributed by atoms with Crippen molar-refractivity contribution in [3.8, 4) is 0 Å². The summed E-state index contributed by atoms with van der Waals surface area (Å²) < 4.78 is 13.6. The number of nitrogens with zero attached hydrogens (tertiary/aromatic N) is 1. The van der Waals surface area contributed by atoms with E-state index in [-0.39, 0.29) is 30.0 Å². The molecule has 1 saturated carbocycles. The van der Waals surface area contributed by atoms with Crippen LogP contribution in [0, 0.1) is 17.7 Å². The summed E-state index contributed by atoms with van der Waals surface area (Å²) in [5, 5.41) is 5.60. The number of hydrogen-bond acceptors (Lipinski definition) is 3. The van der Waals surface area contributed by atoms with Crippen LogP contribution in [-0.2, 0) is 9.59 Å². The lowest BCUT2D eigenvalue weighted by atomic mass is 10.1. The van der Waals surface area contributed by atoms with Crippen LogP contribution in [0.1, 0.15) is 39.0 Å². The molecule has 0 radical (unpaired) electrons. The second-order valence-corrected chi connectivity index (χ2v) is 7.12. The first-order chi connectivity index (χ1) is 12.0. The van der Waals surface area contributed by atoms with Gasteiger partial charge in [-0.1, -0.05) is 6.92 Å². The summed E-state index contributed by atoms with van der Waals surface area (Å²) in [5.41, 5.74) is 1.37. The Morgan fingerprint density at radius 1 is 1.24 bits per heavy atom. The molecule has 2 fully saturated rings. The lowest BCUT2D eigenvalue weighted by Crippen LogP contribution is -2.31. The molecule has 1 heterocycles. The highest BCUT2D eigenvalue weighted by Crippen LogP contribution is 2.37. The van der Waals surface area contributed by atoms with Gasteiger partial charge in [-0.05, 0) is 49.8 Å². The first kappa shape index (κ1) is 17.7. The van der Waals surface area contributed by atoms with E-state index in [4.69, 9.17) is 0 Å². The Hall–Kier alpha value is -2.11. The molecular weight excluding hydrogens is 321 g/mol. The maximum atomic E-state index is 13.6. The molecule has 0 bridgehead atoms. The van der Waals surface area contributed by atoms with Crippen LogP contribution < -0.4 is 15.5 Å². The molecule has 1 saturated heterocycles. The van der Waals surface area contributed by atoms with Crippen molar-refractivity contribution in [1.82, 2.24) is 5.32 Å². The van der Waals surface area contributed by atoms with Crippen LogP contribution in [0.15, 0.2) is 18.2 Å². The number of halogens is 1. The molecule has 1 aliphatic carbocycles. The molecule has 0 aromatic heterocycles. The maximum Gasteiger partial charge on any atom is 0.226 e. The van der Waals surface area contributed by atoms with E-state index < -0.39 is 0 Å². The van der Waals surface area contributed by atoms with Crippen molar-refractivity contribution in [3.63, 3.8) is 0 Å². The Kier molecular flexibility index (Phi) is 5.56. The number of amides is 2. The molecule has 5 nitrogen and oxygen atoms in total. The van der Waals surface area contributed by atoms with E-state index in [1.165, 1.54) is 18.6 Å². The number of piperidine rings is 1. The van der Waals surface area contributed by atoms with Crippen LogP contribution in [0.5, 0.6) is 0 Å². The fourth-order valence-electron chi connectivity index (χ4n) is 3.35. The Bertz CT molecular complexity index is 644. The third-order valence-electron chi connectivity index (χ3n) is 5.03. The van der Waals surface area contributed by atoms with Gasteiger partial charge in [0.1, 0.15) is 5.82 Å². The minimum absolute atomic E-state index is 0.0278. The van der Waals surface area contributed by atoms with Crippen molar-refractivity contribution in [2.75, 3.05) is 29.9 Å². The molecule has 6 heteroatoms. The van der Waals surface area contributed by atoms with Gasteiger partial charge in [-0.15, -0.1) is 0 Å². The lowest BCUT2D eigenvalue weighted by Gasteiger charge is -2.30. The quantitative estimate of drug-likeness (QED) is 0.832. The Morgan fingerprint density at radius 3 is 2.64 bits per heavy atom. The van der Waals surface area contributed by atoms with Gasteiger partial charge in [0.05, 0.1) is 11.4 Å². The minimum atomic E-state index is -0.368. The fraction of sp³-hybridized carbons (Fsp3) is 0.579. The maximum absolute atomic E-state index is 13.6. The number of anilines is 2. The van der Waals surface area contributed by atoms with Crippen LogP contribution >= 0.6 is 0 Å². The number of rotatable bonds is 6. The standard InChI is InChI=1S/C19H26FN3O2/c1-13-11-15(13)19(25)21-8-7-18(24)22-16-12-14(20)5-6-17(16)23-9-3-2-4-10-23/h5-6,12-13,15H,2-4,7-11H2,1H3,(H,21,25)(H,22,24)/t13-,15-/m0/s1. The molecule has 0 spiro atoms. The summed E-state index contributed by atoms with van der Waals surface area (Å²) in [7, 11) is 0. The Morgan fingerprint density at radius 2 is 1.96 bits per heavy atom. The summed E-state index contributed by atoms with van der Waals surface area (Å²) in [5.74, 6) is 0.00496. The number of carbonyl (C=O) groups is 2. The first-order valence-electron chi connectivity index (χ1n) is 9.16. The molecule has 136 valence electrons. The summed E-state index contributed by atoms with van der Waals surface area (Å²) >= 11 is 0. The fourth-order valence-corrected chi connectivity index (χ4v) is 3.35. The summed E-state index contributed by atoms with van der Waals surface area (Å²) in [6.07, 6.45) is 4.54. The normalized spacial score (nSPS) is 22.4. The van der Waals surface area contributed by atoms with Gasteiger partial charge in [0.15, 0.2) is 0 Å². The number of benzene rings is 1. The molecule has 2 N–H and O–H groups in total. The van der Waals surface area contributed by atoms with Crippen molar-refractivity contribution in [1.29, 1.82) is 0 Å². The van der Waals surface area contributed by atoms with Gasteiger partial charge < -0.3 is 15.5 Å². The van der Waals surface area contributed by atoms with Gasteiger partial charge >= 0.3 is 0 Å². The molecule has 1 aromatic carbocycles. The van der Waals surface area contributed by atoms with Gasteiger partial charge in [-0.25, -0.2) is 4.39 Å². The van der Waals surface area contributed by atoms with E-state index in [9.17, 15) is 14.0 Å². The number of nitrogens with one attached hydrogen (secondary N) is 2. The highest BCUT2D eigenvalue weighted by atomic mass is 19.1. The third kappa shape index (κ3) is 4.71. The summed E-state index contributed by atoms with van der Waals surface area (Å²) in [6, 6.07) is 4.52. The van der Waals surface area contributed by atoms with Gasteiger partial charge in [-0.2, -0.15) is 0 Å². The minimum Gasteiger partial charge on any atom is -0.370 e. The van der Waals surface area contributed by atoms with Crippen molar-refractivity contribution in [2.45, 2.75) is 39.0 Å². The van der Waals surface area contributed by atoms with Crippen LogP contribution in [-0.4, -0.2) is 31.4 Å². The predicted molar refractivity (Wildman–Crippen MR) is 96.0 cm³/mol. The zero-order valence-electron chi connectivity index (χ0n) is 14.7. The topological polar surface area (TPSA) is 61.4 Å². The summed E-state index contributed by atoms with van der Waals surface area (Å²) in [4.78, 5) is 26.1. The van der Waals surface area contributed by atoms with Crippen LogP contribution in [0.2, 0.25) is 0 Å². The average molecular weight is 347 g/mol. The van der Waals surface area contributed by atoms with E-state index in [0.29, 0.717) is 18.2 Å². The molecule has 0 unspecified atom stereocenters. The van der Waals surface area contributed by atoms with Crippen molar-refractivity contribution in [2.24, 2.45) is 11.8 Å². The summed E-state index contributed by atoms with van der Waals surface area (Å²) in [6.45, 7) is 4.19. The molecule has 25 heavy (non-hydrogen) atoms. The number of carbonyl (C=O) groups excluding carboxylic acids is 2. The highest BCUT2D eigenvalue weighted by Gasteiger charge is 2.38. The first-order valence-corrected chi connectivity index (χ1v) is 9.16. The van der Waals surface area contributed by atoms with Crippen molar-refractivity contribution < 1.29 is 14.0 Å². The zero-order valence-corrected chi connectivity index (χ0v) is 14.7. The molecule has 1 aromatic rings. The lowest BCUT2D eigenvalue weighted by molar-refractivity contribution is -0.122. The molecular formula is C19H26FN3O2. The Labute approximate surface area is 148 Å². The average Bonchev–Trinajstić information content (AvgIpc) is 3.33. The molecule has 2 amide bonds. The van der Waals surface area contributed by atoms with E-state index in [2.05, 4.69) is 15.5 Å². The van der Waals surface area contributed by atoms with E-state index in [1.807, 2.05) is 6.92 Å². The third-order valence-corrected chi connectivity index (χ3v) is 5.03. The second kappa shape index (κ2) is 7.85. The smallest absolute Gasteiger partial charge is 0.226 e.